The molecule has 0 bridgehead atoms. The van der Waals surface area contributed by atoms with E-state index in [2.05, 4.69) is 44.8 Å². The van der Waals surface area contributed by atoms with Crippen LogP contribution in [0.15, 0.2) is 10.7 Å². The Balaban J connectivity index is 2.55. The Kier molecular flexibility index (Phi) is 4.58. The quantitative estimate of drug-likeness (QED) is 0.793. The highest BCUT2D eigenvalue weighted by Gasteiger charge is 2.15. The van der Waals surface area contributed by atoms with E-state index < -0.39 is 0 Å². The molecule has 2 rings (SSSR count). The lowest BCUT2D eigenvalue weighted by Gasteiger charge is -2.07. The van der Waals surface area contributed by atoms with Gasteiger partial charge in [0.1, 0.15) is 5.15 Å². The summed E-state index contributed by atoms with van der Waals surface area (Å²) in [6, 6.07) is 0. The summed E-state index contributed by atoms with van der Waals surface area (Å²) in [5.74, 6) is 0.654. The van der Waals surface area contributed by atoms with E-state index in [4.69, 9.17) is 11.6 Å². The monoisotopic (exact) mass is 342 g/mol. The molecular weight excluding hydrogens is 328 g/mol. The van der Waals surface area contributed by atoms with Crippen LogP contribution in [-0.4, -0.2) is 19.7 Å². The molecule has 0 radical (unpaired) electrons. The standard InChI is InChI=1S/C13H16BrClN4/c1-4-6-10-11(14)12(15)17-13(16-10)8-7-19(3)18-9(8)5-2/h7H,4-6H2,1-3H3. The highest BCUT2D eigenvalue weighted by atomic mass is 79.9. The summed E-state index contributed by atoms with van der Waals surface area (Å²) >= 11 is 9.63. The zero-order chi connectivity index (χ0) is 14.0. The summed E-state index contributed by atoms with van der Waals surface area (Å²) in [6.07, 6.45) is 4.67. The van der Waals surface area contributed by atoms with Gasteiger partial charge < -0.3 is 0 Å². The SMILES string of the molecule is CCCc1nc(-c2cn(C)nc2CC)nc(Cl)c1Br. The van der Waals surface area contributed by atoms with Crippen molar-refractivity contribution in [3.63, 3.8) is 0 Å². The van der Waals surface area contributed by atoms with Gasteiger partial charge in [0.2, 0.25) is 0 Å². The first-order valence-electron chi connectivity index (χ1n) is 6.31. The second kappa shape index (κ2) is 6.01. The topological polar surface area (TPSA) is 43.6 Å². The highest BCUT2D eigenvalue weighted by molar-refractivity contribution is 9.10. The van der Waals surface area contributed by atoms with Crippen molar-refractivity contribution in [1.82, 2.24) is 19.7 Å². The molecule has 0 saturated heterocycles. The minimum absolute atomic E-state index is 0.458. The molecular formula is C13H16BrClN4. The van der Waals surface area contributed by atoms with Gasteiger partial charge in [0.15, 0.2) is 5.82 Å². The number of hydrogen-bond acceptors (Lipinski definition) is 3. The zero-order valence-corrected chi connectivity index (χ0v) is 13.6. The first-order chi connectivity index (χ1) is 9.06. The Bertz CT molecular complexity index is 595. The molecule has 2 heterocycles. The molecule has 4 nitrogen and oxygen atoms in total. The van der Waals surface area contributed by atoms with E-state index in [-0.39, 0.29) is 0 Å². The van der Waals surface area contributed by atoms with E-state index in [1.165, 1.54) is 0 Å². The fourth-order valence-electron chi connectivity index (χ4n) is 1.97. The Hall–Kier alpha value is -0.940. The lowest BCUT2D eigenvalue weighted by atomic mass is 10.2. The van der Waals surface area contributed by atoms with Crippen molar-refractivity contribution < 1.29 is 0 Å². The van der Waals surface area contributed by atoms with E-state index in [0.29, 0.717) is 11.0 Å². The number of halogens is 2. The van der Waals surface area contributed by atoms with Gasteiger partial charge >= 0.3 is 0 Å². The van der Waals surface area contributed by atoms with Crippen molar-refractivity contribution in [2.75, 3.05) is 0 Å². The van der Waals surface area contributed by atoms with E-state index in [1.54, 1.807) is 4.68 Å². The van der Waals surface area contributed by atoms with Gasteiger partial charge in [-0.1, -0.05) is 31.9 Å². The van der Waals surface area contributed by atoms with Crippen molar-refractivity contribution in [3.8, 4) is 11.4 Å². The van der Waals surface area contributed by atoms with Gasteiger partial charge in [-0.2, -0.15) is 5.10 Å². The first-order valence-corrected chi connectivity index (χ1v) is 7.48. The van der Waals surface area contributed by atoms with E-state index in [1.807, 2.05) is 13.2 Å². The van der Waals surface area contributed by atoms with Crippen molar-refractivity contribution in [2.45, 2.75) is 33.1 Å². The summed E-state index contributed by atoms with van der Waals surface area (Å²) in [7, 11) is 1.90. The van der Waals surface area contributed by atoms with Crippen LogP contribution in [0.1, 0.15) is 31.7 Å². The summed E-state index contributed by atoms with van der Waals surface area (Å²) in [6.45, 7) is 4.18. The fourth-order valence-corrected chi connectivity index (χ4v) is 2.53. The number of nitrogens with zero attached hydrogens (tertiary/aromatic N) is 4. The van der Waals surface area contributed by atoms with Crippen LogP contribution in [0.4, 0.5) is 0 Å². The Morgan fingerprint density at radius 1 is 1.26 bits per heavy atom. The Morgan fingerprint density at radius 3 is 2.63 bits per heavy atom. The van der Waals surface area contributed by atoms with Crippen LogP contribution in [-0.2, 0) is 19.9 Å². The third-order valence-corrected chi connectivity index (χ3v) is 4.18. The molecule has 102 valence electrons. The molecule has 6 heteroatoms. The van der Waals surface area contributed by atoms with E-state index >= 15 is 0 Å². The maximum atomic E-state index is 6.18. The minimum atomic E-state index is 0.458. The van der Waals surface area contributed by atoms with Crippen LogP contribution in [0.2, 0.25) is 5.15 Å². The van der Waals surface area contributed by atoms with Crippen LogP contribution in [0.25, 0.3) is 11.4 Å². The number of hydrogen-bond donors (Lipinski definition) is 0. The second-order valence-electron chi connectivity index (χ2n) is 4.37. The summed E-state index contributed by atoms with van der Waals surface area (Å²) in [5, 5.41) is 4.87. The lowest BCUT2D eigenvalue weighted by Crippen LogP contribution is -1.99. The molecule has 0 amide bonds. The average molecular weight is 344 g/mol. The van der Waals surface area contributed by atoms with Crippen LogP contribution >= 0.6 is 27.5 Å². The predicted octanol–water partition coefficient (Wildman–Crippen LogP) is 3.81. The molecule has 2 aromatic heterocycles. The van der Waals surface area contributed by atoms with Gasteiger partial charge in [0, 0.05) is 13.2 Å². The minimum Gasteiger partial charge on any atom is -0.275 e. The second-order valence-corrected chi connectivity index (χ2v) is 5.52. The average Bonchev–Trinajstić information content (AvgIpc) is 2.76. The first kappa shape index (κ1) is 14.5. The van der Waals surface area contributed by atoms with Crippen LogP contribution in [0, 0.1) is 0 Å². The molecule has 0 aliphatic rings. The molecule has 0 N–H and O–H groups in total. The van der Waals surface area contributed by atoms with Crippen LogP contribution in [0.5, 0.6) is 0 Å². The normalized spacial score (nSPS) is 11.0. The maximum absolute atomic E-state index is 6.18. The molecule has 0 saturated carbocycles. The fraction of sp³-hybridized carbons (Fsp3) is 0.462. The molecule has 0 atom stereocenters. The molecule has 0 aliphatic carbocycles. The molecule has 0 spiro atoms. The lowest BCUT2D eigenvalue weighted by molar-refractivity contribution is 0.746. The van der Waals surface area contributed by atoms with Crippen molar-refractivity contribution in [1.29, 1.82) is 0 Å². The van der Waals surface area contributed by atoms with Gasteiger partial charge in [0.05, 0.1) is 21.4 Å². The summed E-state index contributed by atoms with van der Waals surface area (Å²) in [4.78, 5) is 8.98. The number of aromatic nitrogens is 4. The largest absolute Gasteiger partial charge is 0.275 e. The van der Waals surface area contributed by atoms with Crippen LogP contribution in [0.3, 0.4) is 0 Å². The summed E-state index contributed by atoms with van der Waals surface area (Å²) < 4.78 is 2.58. The molecule has 2 aromatic rings. The molecule has 0 fully saturated rings. The molecule has 19 heavy (non-hydrogen) atoms. The van der Waals surface area contributed by atoms with E-state index in [0.717, 1.165) is 40.7 Å². The smallest absolute Gasteiger partial charge is 0.164 e. The zero-order valence-electron chi connectivity index (χ0n) is 11.2. The van der Waals surface area contributed by atoms with Crippen LogP contribution < -0.4 is 0 Å². The van der Waals surface area contributed by atoms with Gasteiger partial charge in [-0.05, 0) is 28.8 Å². The van der Waals surface area contributed by atoms with Crippen molar-refractivity contribution in [2.24, 2.45) is 7.05 Å². The van der Waals surface area contributed by atoms with Gasteiger partial charge in [0.25, 0.3) is 0 Å². The van der Waals surface area contributed by atoms with Crippen molar-refractivity contribution >= 4 is 27.5 Å². The Labute approximate surface area is 126 Å². The van der Waals surface area contributed by atoms with Gasteiger partial charge in [-0.3, -0.25) is 4.68 Å². The molecule has 0 aromatic carbocycles. The van der Waals surface area contributed by atoms with Crippen molar-refractivity contribution in [3.05, 3.63) is 27.2 Å². The molecule has 0 unspecified atom stereocenters. The highest BCUT2D eigenvalue weighted by Crippen LogP contribution is 2.28. The third kappa shape index (κ3) is 2.98. The number of aryl methyl sites for hydroxylation is 3. The van der Waals surface area contributed by atoms with Gasteiger partial charge in [-0.25, -0.2) is 9.97 Å². The predicted molar refractivity (Wildman–Crippen MR) is 80.3 cm³/mol. The Morgan fingerprint density at radius 2 is 2.00 bits per heavy atom. The maximum Gasteiger partial charge on any atom is 0.164 e. The van der Waals surface area contributed by atoms with E-state index in [9.17, 15) is 0 Å². The molecule has 0 aliphatic heterocycles. The summed E-state index contributed by atoms with van der Waals surface area (Å²) in [5.41, 5.74) is 2.89. The third-order valence-electron chi connectivity index (χ3n) is 2.85. The number of rotatable bonds is 4. The van der Waals surface area contributed by atoms with Gasteiger partial charge in [-0.15, -0.1) is 0 Å².